The third kappa shape index (κ3) is 1.25. The lowest BCUT2D eigenvalue weighted by Gasteiger charge is -2.18. The molecule has 3 nitrogen and oxygen atoms in total. The van der Waals surface area contributed by atoms with Crippen LogP contribution in [-0.4, -0.2) is 20.8 Å². The van der Waals surface area contributed by atoms with Crippen molar-refractivity contribution in [2.45, 2.75) is 38.8 Å². The lowest BCUT2D eigenvalue weighted by Crippen LogP contribution is -2.23. The van der Waals surface area contributed by atoms with Crippen LogP contribution < -0.4 is 0 Å². The summed E-state index contributed by atoms with van der Waals surface area (Å²) in [6, 6.07) is 0. The molecule has 0 fully saturated rings. The van der Waals surface area contributed by atoms with Crippen LogP contribution in [0.2, 0.25) is 0 Å². The van der Waals surface area contributed by atoms with E-state index < -0.39 is 0 Å². The van der Waals surface area contributed by atoms with Crippen molar-refractivity contribution < 1.29 is 5.11 Å². The van der Waals surface area contributed by atoms with Crippen molar-refractivity contribution in [1.29, 1.82) is 0 Å². The van der Waals surface area contributed by atoms with E-state index in [-0.39, 0.29) is 6.10 Å². The summed E-state index contributed by atoms with van der Waals surface area (Å²) >= 11 is 0. The molecular weight excluding hydrogens is 152 g/mol. The Hall–Kier alpha value is -0.830. The third-order valence-electron chi connectivity index (χ3n) is 2.38. The van der Waals surface area contributed by atoms with Crippen LogP contribution in [0, 0.1) is 0 Å². The van der Waals surface area contributed by atoms with Crippen molar-refractivity contribution >= 4 is 0 Å². The molecule has 0 radical (unpaired) electrons. The molecule has 0 aromatic carbocycles. The van der Waals surface area contributed by atoms with E-state index in [1.807, 2.05) is 0 Å². The normalized spacial score (nSPS) is 22.3. The number of imidazole rings is 1. The molecule has 3 heteroatoms. The molecule has 1 aromatic rings. The van der Waals surface area contributed by atoms with Gasteiger partial charge in [-0.15, -0.1) is 0 Å². The van der Waals surface area contributed by atoms with Crippen molar-refractivity contribution in [2.75, 3.05) is 0 Å². The standard InChI is InChI=1S/C9H14N2O/c1-2-7-5-11-6-8(12)3-4-9(11)10-7/h5,8,12H,2-4,6H2,1H3. The van der Waals surface area contributed by atoms with Crippen LogP contribution in [0.15, 0.2) is 6.20 Å². The summed E-state index contributed by atoms with van der Waals surface area (Å²) in [6.45, 7) is 2.83. The molecule has 0 amide bonds. The maximum absolute atomic E-state index is 9.39. The first-order valence-corrected chi connectivity index (χ1v) is 4.52. The topological polar surface area (TPSA) is 38.0 Å². The Balaban J connectivity index is 2.28. The van der Waals surface area contributed by atoms with E-state index in [0.717, 1.165) is 37.3 Å². The zero-order valence-electron chi connectivity index (χ0n) is 7.32. The Morgan fingerprint density at radius 3 is 3.33 bits per heavy atom. The zero-order valence-corrected chi connectivity index (χ0v) is 7.32. The number of aromatic nitrogens is 2. The molecule has 0 saturated heterocycles. The summed E-state index contributed by atoms with van der Waals surface area (Å²) in [4.78, 5) is 4.46. The smallest absolute Gasteiger partial charge is 0.109 e. The minimum absolute atomic E-state index is 0.170. The number of aliphatic hydroxyl groups excluding tert-OH is 1. The fraction of sp³-hybridized carbons (Fsp3) is 0.667. The van der Waals surface area contributed by atoms with Gasteiger partial charge in [-0.05, 0) is 12.8 Å². The molecule has 66 valence electrons. The molecule has 1 atom stereocenters. The molecule has 12 heavy (non-hydrogen) atoms. The summed E-state index contributed by atoms with van der Waals surface area (Å²) in [7, 11) is 0. The lowest BCUT2D eigenvalue weighted by molar-refractivity contribution is 0.130. The number of rotatable bonds is 1. The molecule has 1 aromatic heterocycles. The highest BCUT2D eigenvalue weighted by Gasteiger charge is 2.17. The average molecular weight is 166 g/mol. The van der Waals surface area contributed by atoms with E-state index >= 15 is 0 Å². The Labute approximate surface area is 72.0 Å². The van der Waals surface area contributed by atoms with Gasteiger partial charge in [0.1, 0.15) is 5.82 Å². The molecule has 2 heterocycles. The minimum atomic E-state index is -0.170. The molecule has 1 N–H and O–H groups in total. The molecule has 0 bridgehead atoms. The molecule has 1 aliphatic heterocycles. The highest BCUT2D eigenvalue weighted by molar-refractivity contribution is 5.06. The number of nitrogens with zero attached hydrogens (tertiary/aromatic N) is 2. The van der Waals surface area contributed by atoms with Crippen molar-refractivity contribution in [3.05, 3.63) is 17.7 Å². The number of hydrogen-bond donors (Lipinski definition) is 1. The van der Waals surface area contributed by atoms with Gasteiger partial charge in [0, 0.05) is 19.2 Å². The van der Waals surface area contributed by atoms with Gasteiger partial charge in [-0.25, -0.2) is 4.98 Å². The largest absolute Gasteiger partial charge is 0.391 e. The lowest BCUT2D eigenvalue weighted by atomic mass is 10.1. The number of fused-ring (bicyclic) bond motifs is 1. The fourth-order valence-electron chi connectivity index (χ4n) is 1.66. The summed E-state index contributed by atoms with van der Waals surface area (Å²) in [5, 5.41) is 9.39. The maximum atomic E-state index is 9.39. The van der Waals surface area contributed by atoms with E-state index in [9.17, 15) is 5.11 Å². The second-order valence-corrected chi connectivity index (χ2v) is 3.35. The van der Waals surface area contributed by atoms with Gasteiger partial charge in [-0.2, -0.15) is 0 Å². The van der Waals surface area contributed by atoms with Crippen molar-refractivity contribution in [1.82, 2.24) is 9.55 Å². The van der Waals surface area contributed by atoms with Gasteiger partial charge in [0.25, 0.3) is 0 Å². The van der Waals surface area contributed by atoms with Crippen LogP contribution in [0.3, 0.4) is 0 Å². The minimum Gasteiger partial charge on any atom is -0.391 e. The molecule has 0 aliphatic carbocycles. The summed E-state index contributed by atoms with van der Waals surface area (Å²) in [6.07, 6.45) is 4.64. The van der Waals surface area contributed by atoms with E-state index in [2.05, 4.69) is 22.7 Å². The average Bonchev–Trinajstić information content (AvgIpc) is 2.46. The highest BCUT2D eigenvalue weighted by atomic mass is 16.3. The Bertz CT molecular complexity index is 280. The van der Waals surface area contributed by atoms with Crippen LogP contribution in [-0.2, 0) is 19.4 Å². The maximum Gasteiger partial charge on any atom is 0.109 e. The number of hydrogen-bond acceptors (Lipinski definition) is 2. The quantitative estimate of drug-likeness (QED) is 0.668. The first kappa shape index (κ1) is 7.80. The van der Waals surface area contributed by atoms with Crippen LogP contribution >= 0.6 is 0 Å². The van der Waals surface area contributed by atoms with Crippen molar-refractivity contribution in [2.24, 2.45) is 0 Å². The van der Waals surface area contributed by atoms with Gasteiger partial charge in [0.05, 0.1) is 11.8 Å². The highest BCUT2D eigenvalue weighted by Crippen LogP contribution is 2.15. The predicted octanol–water partition coefficient (Wildman–Crippen LogP) is 0.753. The van der Waals surface area contributed by atoms with E-state index in [0.29, 0.717) is 0 Å². The predicted molar refractivity (Wildman–Crippen MR) is 45.9 cm³/mol. The van der Waals surface area contributed by atoms with Gasteiger partial charge >= 0.3 is 0 Å². The molecule has 1 unspecified atom stereocenters. The van der Waals surface area contributed by atoms with Gasteiger partial charge in [0.15, 0.2) is 0 Å². The Kier molecular flexibility index (Phi) is 1.89. The molecule has 0 saturated carbocycles. The van der Waals surface area contributed by atoms with Crippen molar-refractivity contribution in [3.8, 4) is 0 Å². The second-order valence-electron chi connectivity index (χ2n) is 3.35. The van der Waals surface area contributed by atoms with Crippen LogP contribution in [0.4, 0.5) is 0 Å². The van der Waals surface area contributed by atoms with Crippen molar-refractivity contribution in [3.63, 3.8) is 0 Å². The molecule has 1 aliphatic rings. The SMILES string of the molecule is CCc1cn2c(n1)CCC(O)C2. The summed E-state index contributed by atoms with van der Waals surface area (Å²) in [5.74, 6) is 1.14. The van der Waals surface area contributed by atoms with E-state index in [1.54, 1.807) is 0 Å². The van der Waals surface area contributed by atoms with Crippen LogP contribution in [0.1, 0.15) is 24.9 Å². The first-order valence-electron chi connectivity index (χ1n) is 4.52. The van der Waals surface area contributed by atoms with E-state index in [4.69, 9.17) is 0 Å². The molecular formula is C9H14N2O. The molecule has 2 rings (SSSR count). The van der Waals surface area contributed by atoms with Gasteiger partial charge in [-0.3, -0.25) is 0 Å². The first-order chi connectivity index (χ1) is 5.79. The van der Waals surface area contributed by atoms with E-state index in [1.165, 1.54) is 0 Å². The fourth-order valence-corrected chi connectivity index (χ4v) is 1.66. The van der Waals surface area contributed by atoms with Gasteiger partial charge in [0.2, 0.25) is 0 Å². The number of aryl methyl sites for hydroxylation is 2. The third-order valence-corrected chi connectivity index (χ3v) is 2.38. The molecule has 0 spiro atoms. The zero-order chi connectivity index (χ0) is 8.55. The summed E-state index contributed by atoms with van der Waals surface area (Å²) in [5.41, 5.74) is 1.14. The Morgan fingerprint density at radius 1 is 1.75 bits per heavy atom. The number of aliphatic hydroxyl groups is 1. The Morgan fingerprint density at radius 2 is 2.58 bits per heavy atom. The van der Waals surface area contributed by atoms with Gasteiger partial charge < -0.3 is 9.67 Å². The monoisotopic (exact) mass is 166 g/mol. The van der Waals surface area contributed by atoms with Crippen LogP contribution in [0.5, 0.6) is 0 Å². The van der Waals surface area contributed by atoms with Crippen LogP contribution in [0.25, 0.3) is 0 Å². The second kappa shape index (κ2) is 2.90. The van der Waals surface area contributed by atoms with Gasteiger partial charge in [-0.1, -0.05) is 6.92 Å². The summed E-state index contributed by atoms with van der Waals surface area (Å²) < 4.78 is 2.08.